The molecule has 6 nitrogen and oxygen atoms in total. The largest absolute Gasteiger partial charge is 0.482 e. The Hall–Kier alpha value is -2.74. The summed E-state index contributed by atoms with van der Waals surface area (Å²) in [6.07, 6.45) is 0. The van der Waals surface area contributed by atoms with Crippen LogP contribution >= 0.6 is 23.2 Å². The van der Waals surface area contributed by atoms with Gasteiger partial charge in [0.1, 0.15) is 5.75 Å². The Kier molecular flexibility index (Phi) is 6.87. The molecule has 0 spiro atoms. The van der Waals surface area contributed by atoms with Crippen LogP contribution < -0.4 is 14.8 Å². The van der Waals surface area contributed by atoms with Gasteiger partial charge < -0.3 is 10.1 Å². The number of carbonyl (C=O) groups is 1. The van der Waals surface area contributed by atoms with Crippen molar-refractivity contribution in [2.24, 2.45) is 0 Å². The van der Waals surface area contributed by atoms with Crippen molar-refractivity contribution >= 4 is 50.5 Å². The van der Waals surface area contributed by atoms with Crippen LogP contribution in [0.3, 0.4) is 0 Å². The van der Waals surface area contributed by atoms with Crippen molar-refractivity contribution in [3.63, 3.8) is 0 Å². The fraction of sp³-hybridized carbons (Fsp3) is 0.0952. The molecule has 0 aliphatic carbocycles. The van der Waals surface area contributed by atoms with Crippen LogP contribution in [-0.4, -0.2) is 20.9 Å². The quantitative estimate of drug-likeness (QED) is 0.507. The molecular formula is C21H18Cl2N2O4S. The van der Waals surface area contributed by atoms with E-state index in [1.807, 2.05) is 6.92 Å². The van der Waals surface area contributed by atoms with Crippen LogP contribution in [0.4, 0.5) is 11.4 Å². The number of anilines is 2. The zero-order valence-electron chi connectivity index (χ0n) is 15.9. The number of benzene rings is 3. The summed E-state index contributed by atoms with van der Waals surface area (Å²) in [5.41, 5.74) is 1.83. The highest BCUT2D eigenvalue weighted by atomic mass is 35.5. The van der Waals surface area contributed by atoms with Gasteiger partial charge >= 0.3 is 0 Å². The van der Waals surface area contributed by atoms with Crippen LogP contribution in [0.1, 0.15) is 5.56 Å². The Balaban J connectivity index is 1.57. The van der Waals surface area contributed by atoms with E-state index >= 15 is 0 Å². The van der Waals surface area contributed by atoms with Crippen molar-refractivity contribution in [2.45, 2.75) is 11.8 Å². The fourth-order valence-corrected chi connectivity index (χ4v) is 4.01. The predicted octanol–water partition coefficient (Wildman–Crippen LogP) is 5.12. The lowest BCUT2D eigenvalue weighted by atomic mass is 10.2. The summed E-state index contributed by atoms with van der Waals surface area (Å²) >= 11 is 11.8. The van der Waals surface area contributed by atoms with Gasteiger partial charge in [0, 0.05) is 16.4 Å². The van der Waals surface area contributed by atoms with E-state index in [4.69, 9.17) is 27.9 Å². The van der Waals surface area contributed by atoms with Crippen molar-refractivity contribution in [2.75, 3.05) is 16.6 Å². The molecule has 0 heterocycles. The fourth-order valence-electron chi connectivity index (χ4n) is 2.49. The minimum atomic E-state index is -3.69. The molecule has 156 valence electrons. The van der Waals surface area contributed by atoms with Gasteiger partial charge in [-0.15, -0.1) is 0 Å². The zero-order valence-corrected chi connectivity index (χ0v) is 18.2. The Bertz CT molecular complexity index is 1150. The molecule has 0 saturated heterocycles. The van der Waals surface area contributed by atoms with Gasteiger partial charge in [0.15, 0.2) is 6.61 Å². The third-order valence-electron chi connectivity index (χ3n) is 4.00. The highest BCUT2D eigenvalue weighted by molar-refractivity contribution is 7.92. The topological polar surface area (TPSA) is 84.5 Å². The summed E-state index contributed by atoms with van der Waals surface area (Å²) in [5.74, 6) is -0.0499. The molecule has 0 aromatic heterocycles. The highest BCUT2D eigenvalue weighted by Crippen LogP contribution is 2.27. The number of nitrogens with one attached hydrogen (secondary N) is 2. The first-order chi connectivity index (χ1) is 14.2. The standard InChI is InChI=1S/C21H18Cl2N2O4S/c1-14-2-9-18(10-3-14)30(27,28)25-17-7-5-16(6-8-17)24-21(26)13-29-20-11-4-15(22)12-19(20)23/h2-12,25H,13H2,1H3,(H,24,26). The summed E-state index contributed by atoms with van der Waals surface area (Å²) in [5, 5.41) is 3.43. The number of halogens is 2. The Morgan fingerprint density at radius 3 is 2.20 bits per heavy atom. The molecule has 3 rings (SSSR count). The van der Waals surface area contributed by atoms with E-state index in [2.05, 4.69) is 10.0 Å². The zero-order chi connectivity index (χ0) is 21.7. The third-order valence-corrected chi connectivity index (χ3v) is 5.93. The molecule has 0 fully saturated rings. The molecule has 0 unspecified atom stereocenters. The van der Waals surface area contributed by atoms with Crippen molar-refractivity contribution in [1.29, 1.82) is 0 Å². The Morgan fingerprint density at radius 2 is 1.57 bits per heavy atom. The minimum Gasteiger partial charge on any atom is -0.482 e. The van der Waals surface area contributed by atoms with E-state index in [1.54, 1.807) is 60.7 Å². The lowest BCUT2D eigenvalue weighted by molar-refractivity contribution is -0.118. The molecule has 3 aromatic rings. The van der Waals surface area contributed by atoms with E-state index in [0.717, 1.165) is 5.56 Å². The second-order valence-electron chi connectivity index (χ2n) is 6.41. The molecule has 9 heteroatoms. The summed E-state index contributed by atoms with van der Waals surface area (Å²) in [6.45, 7) is 1.63. The molecule has 0 aliphatic heterocycles. The SMILES string of the molecule is Cc1ccc(S(=O)(=O)Nc2ccc(NC(=O)COc3ccc(Cl)cc3Cl)cc2)cc1. The summed E-state index contributed by atoms with van der Waals surface area (Å²) in [7, 11) is -3.69. The number of ether oxygens (including phenoxy) is 1. The van der Waals surface area contributed by atoms with Gasteiger partial charge in [-0.05, 0) is 61.5 Å². The average molecular weight is 465 g/mol. The number of carbonyl (C=O) groups excluding carboxylic acids is 1. The Labute approximate surface area is 184 Å². The number of hydrogen-bond donors (Lipinski definition) is 2. The maximum Gasteiger partial charge on any atom is 0.262 e. The van der Waals surface area contributed by atoms with Gasteiger partial charge in [-0.3, -0.25) is 9.52 Å². The number of rotatable bonds is 7. The molecule has 0 bridgehead atoms. The number of hydrogen-bond acceptors (Lipinski definition) is 4. The van der Waals surface area contributed by atoms with E-state index in [9.17, 15) is 13.2 Å². The van der Waals surface area contributed by atoms with Gasteiger partial charge in [-0.1, -0.05) is 40.9 Å². The van der Waals surface area contributed by atoms with Crippen LogP contribution in [-0.2, 0) is 14.8 Å². The van der Waals surface area contributed by atoms with Gasteiger partial charge in [0.25, 0.3) is 15.9 Å². The van der Waals surface area contributed by atoms with Crippen molar-refractivity contribution in [3.8, 4) is 5.75 Å². The van der Waals surface area contributed by atoms with E-state index in [0.29, 0.717) is 27.2 Å². The third kappa shape index (κ3) is 5.89. The van der Waals surface area contributed by atoms with Crippen LogP contribution in [0.5, 0.6) is 5.75 Å². The predicted molar refractivity (Wildman–Crippen MR) is 119 cm³/mol. The molecule has 0 aliphatic rings. The molecule has 0 saturated carbocycles. The average Bonchev–Trinajstić information content (AvgIpc) is 2.69. The molecule has 1 amide bonds. The maximum absolute atomic E-state index is 12.4. The lowest BCUT2D eigenvalue weighted by Gasteiger charge is -2.11. The molecule has 2 N–H and O–H groups in total. The second-order valence-corrected chi connectivity index (χ2v) is 8.93. The normalized spacial score (nSPS) is 11.0. The van der Waals surface area contributed by atoms with Gasteiger partial charge in [-0.25, -0.2) is 8.42 Å². The van der Waals surface area contributed by atoms with Crippen molar-refractivity contribution in [1.82, 2.24) is 0 Å². The van der Waals surface area contributed by atoms with Gasteiger partial charge in [0.2, 0.25) is 0 Å². The molecule has 30 heavy (non-hydrogen) atoms. The van der Waals surface area contributed by atoms with Crippen LogP contribution in [0, 0.1) is 6.92 Å². The smallest absolute Gasteiger partial charge is 0.262 e. The Morgan fingerprint density at radius 1 is 0.933 bits per heavy atom. The first-order valence-corrected chi connectivity index (χ1v) is 11.0. The number of aryl methyl sites for hydroxylation is 1. The van der Waals surface area contributed by atoms with E-state index < -0.39 is 15.9 Å². The van der Waals surface area contributed by atoms with Crippen LogP contribution in [0.15, 0.2) is 71.6 Å². The first kappa shape index (κ1) is 22.0. The summed E-state index contributed by atoms with van der Waals surface area (Å²) in [6, 6.07) is 17.5. The molecular weight excluding hydrogens is 447 g/mol. The van der Waals surface area contributed by atoms with Gasteiger partial charge in [-0.2, -0.15) is 0 Å². The van der Waals surface area contributed by atoms with Crippen molar-refractivity contribution in [3.05, 3.63) is 82.3 Å². The first-order valence-electron chi connectivity index (χ1n) is 8.80. The van der Waals surface area contributed by atoms with Crippen molar-refractivity contribution < 1.29 is 17.9 Å². The number of amides is 1. The molecule has 0 atom stereocenters. The second kappa shape index (κ2) is 9.38. The van der Waals surface area contributed by atoms with E-state index in [-0.39, 0.29) is 11.5 Å². The van der Waals surface area contributed by atoms with Crippen LogP contribution in [0.2, 0.25) is 10.0 Å². The summed E-state index contributed by atoms with van der Waals surface area (Å²) in [4.78, 5) is 12.2. The minimum absolute atomic E-state index is 0.170. The number of sulfonamides is 1. The molecule has 0 radical (unpaired) electrons. The molecule has 3 aromatic carbocycles. The highest BCUT2D eigenvalue weighted by Gasteiger charge is 2.14. The lowest BCUT2D eigenvalue weighted by Crippen LogP contribution is -2.20. The monoisotopic (exact) mass is 464 g/mol. The summed E-state index contributed by atoms with van der Waals surface area (Å²) < 4.78 is 32.7. The maximum atomic E-state index is 12.4. The van der Waals surface area contributed by atoms with E-state index in [1.165, 1.54) is 6.07 Å². The van der Waals surface area contributed by atoms with Gasteiger partial charge in [0.05, 0.1) is 9.92 Å². The van der Waals surface area contributed by atoms with Crippen LogP contribution in [0.25, 0.3) is 0 Å².